The predicted molar refractivity (Wildman–Crippen MR) is 90.3 cm³/mol. The van der Waals surface area contributed by atoms with Crippen LogP contribution in [0.4, 0.5) is 4.79 Å². The Labute approximate surface area is 142 Å². The lowest BCUT2D eigenvalue weighted by Crippen LogP contribution is -2.58. The molecule has 1 aromatic rings. The monoisotopic (exact) mass is 356 g/mol. The topological polar surface area (TPSA) is 95.9 Å². The van der Waals surface area contributed by atoms with Gasteiger partial charge in [0, 0.05) is 12.1 Å². The minimum atomic E-state index is -3.83. The fourth-order valence-electron chi connectivity index (χ4n) is 2.85. The van der Waals surface area contributed by atoms with E-state index >= 15 is 0 Å². The van der Waals surface area contributed by atoms with Crippen molar-refractivity contribution < 1.29 is 23.1 Å². The lowest BCUT2D eigenvalue weighted by molar-refractivity contribution is 0.0839. The van der Waals surface area contributed by atoms with Gasteiger partial charge in [-0.15, -0.1) is 0 Å². The second-order valence-electron chi connectivity index (χ2n) is 6.91. The van der Waals surface area contributed by atoms with E-state index in [9.17, 15) is 18.3 Å². The molecular weight excluding hydrogens is 332 g/mol. The maximum atomic E-state index is 12.8. The first-order valence-corrected chi connectivity index (χ1v) is 9.17. The maximum absolute atomic E-state index is 12.8. The molecule has 0 radical (unpaired) electrons. The SMILES string of the molecule is COc1ccc(CNS(=O)(=O)C2(N(C(=O)O)C(C)(C)C)CC2)cc1. The van der Waals surface area contributed by atoms with E-state index in [1.807, 2.05) is 0 Å². The van der Waals surface area contributed by atoms with Crippen LogP contribution in [0.3, 0.4) is 0 Å². The van der Waals surface area contributed by atoms with E-state index in [1.54, 1.807) is 52.1 Å². The zero-order valence-corrected chi connectivity index (χ0v) is 15.2. The van der Waals surface area contributed by atoms with Gasteiger partial charge in [-0.2, -0.15) is 0 Å². The van der Waals surface area contributed by atoms with Crippen LogP contribution < -0.4 is 9.46 Å². The van der Waals surface area contributed by atoms with Gasteiger partial charge in [0.15, 0.2) is 4.87 Å². The van der Waals surface area contributed by atoms with E-state index in [4.69, 9.17) is 4.74 Å². The number of carboxylic acid groups (broad SMARTS) is 1. The predicted octanol–water partition coefficient (Wildman–Crippen LogP) is 2.38. The first kappa shape index (κ1) is 18.5. The standard InChI is InChI=1S/C16H24N2O5S/c1-15(2,3)18(14(19)20)16(9-10-16)24(21,22)17-11-12-5-7-13(23-4)8-6-12/h5-8,17H,9-11H2,1-4H3,(H,19,20). The first-order chi connectivity index (χ1) is 11.0. The summed E-state index contributed by atoms with van der Waals surface area (Å²) in [6, 6.07) is 7.02. The number of benzene rings is 1. The van der Waals surface area contributed by atoms with Crippen LogP contribution in [0.1, 0.15) is 39.2 Å². The number of nitrogens with zero attached hydrogens (tertiary/aromatic N) is 1. The third kappa shape index (κ3) is 3.49. The third-order valence-electron chi connectivity index (χ3n) is 4.07. The van der Waals surface area contributed by atoms with Crippen LogP contribution in [0.25, 0.3) is 0 Å². The van der Waals surface area contributed by atoms with Crippen molar-refractivity contribution in [3.8, 4) is 5.75 Å². The zero-order valence-electron chi connectivity index (χ0n) is 14.4. The van der Waals surface area contributed by atoms with Gasteiger partial charge in [0.25, 0.3) is 0 Å². The number of rotatable bonds is 6. The lowest BCUT2D eigenvalue weighted by atomic mass is 10.1. The summed E-state index contributed by atoms with van der Waals surface area (Å²) < 4.78 is 33.1. The molecule has 0 aromatic heterocycles. The number of amides is 1. The number of methoxy groups -OCH3 is 1. The van der Waals surface area contributed by atoms with Gasteiger partial charge >= 0.3 is 6.09 Å². The Hall–Kier alpha value is -1.80. The molecule has 7 nitrogen and oxygen atoms in total. The summed E-state index contributed by atoms with van der Waals surface area (Å²) in [5.41, 5.74) is -0.0372. The number of sulfonamides is 1. The second-order valence-corrected chi connectivity index (χ2v) is 8.96. The fraction of sp³-hybridized carbons (Fsp3) is 0.562. The van der Waals surface area contributed by atoms with Gasteiger partial charge < -0.3 is 9.84 Å². The highest BCUT2D eigenvalue weighted by atomic mass is 32.2. The highest BCUT2D eigenvalue weighted by Gasteiger charge is 2.63. The van der Waals surface area contributed by atoms with E-state index in [-0.39, 0.29) is 6.54 Å². The number of nitrogens with one attached hydrogen (secondary N) is 1. The average Bonchev–Trinajstić information content (AvgIpc) is 3.25. The van der Waals surface area contributed by atoms with E-state index < -0.39 is 26.5 Å². The van der Waals surface area contributed by atoms with Crippen molar-refractivity contribution in [2.45, 2.75) is 50.6 Å². The van der Waals surface area contributed by atoms with E-state index in [0.29, 0.717) is 18.6 Å². The normalized spacial score (nSPS) is 16.5. The Morgan fingerprint density at radius 2 is 1.83 bits per heavy atom. The largest absolute Gasteiger partial charge is 0.497 e. The number of hydrogen-bond donors (Lipinski definition) is 2. The van der Waals surface area contributed by atoms with Crippen LogP contribution >= 0.6 is 0 Å². The molecule has 1 aliphatic rings. The molecule has 0 heterocycles. The molecule has 1 fully saturated rings. The summed E-state index contributed by atoms with van der Waals surface area (Å²) in [6.07, 6.45) is -0.627. The molecule has 0 bridgehead atoms. The smallest absolute Gasteiger partial charge is 0.409 e. The second kappa shape index (κ2) is 6.25. The van der Waals surface area contributed by atoms with Gasteiger partial charge in [0.05, 0.1) is 7.11 Å². The van der Waals surface area contributed by atoms with Crippen LogP contribution in [-0.4, -0.2) is 42.0 Å². The molecule has 1 aromatic carbocycles. The summed E-state index contributed by atoms with van der Waals surface area (Å²) in [4.78, 5) is 11.3. The molecule has 0 unspecified atom stereocenters. The Balaban J connectivity index is 2.18. The lowest BCUT2D eigenvalue weighted by Gasteiger charge is -2.39. The molecule has 134 valence electrons. The van der Waals surface area contributed by atoms with Gasteiger partial charge in [0.2, 0.25) is 10.0 Å². The van der Waals surface area contributed by atoms with Gasteiger partial charge in [-0.1, -0.05) is 12.1 Å². The molecule has 24 heavy (non-hydrogen) atoms. The van der Waals surface area contributed by atoms with Gasteiger partial charge in [-0.25, -0.2) is 17.9 Å². The van der Waals surface area contributed by atoms with Crippen molar-refractivity contribution in [3.63, 3.8) is 0 Å². The Bertz CT molecular complexity index is 703. The van der Waals surface area contributed by atoms with Gasteiger partial charge in [-0.3, -0.25) is 4.90 Å². The Morgan fingerprint density at radius 3 is 2.21 bits per heavy atom. The third-order valence-corrected chi connectivity index (χ3v) is 6.19. The number of carbonyl (C=O) groups is 1. The highest BCUT2D eigenvalue weighted by molar-refractivity contribution is 7.91. The van der Waals surface area contributed by atoms with Crippen LogP contribution in [0.2, 0.25) is 0 Å². The molecule has 0 saturated heterocycles. The summed E-state index contributed by atoms with van der Waals surface area (Å²) in [6.45, 7) is 5.19. The molecule has 8 heteroatoms. The van der Waals surface area contributed by atoms with Crippen LogP contribution in [0.15, 0.2) is 24.3 Å². The number of hydrogen-bond acceptors (Lipinski definition) is 4. The molecule has 0 aliphatic heterocycles. The summed E-state index contributed by atoms with van der Waals surface area (Å²) in [7, 11) is -2.27. The van der Waals surface area contributed by atoms with Crippen LogP contribution in [0.5, 0.6) is 5.75 Å². The van der Waals surface area contributed by atoms with Crippen molar-refractivity contribution in [2.75, 3.05) is 7.11 Å². The van der Waals surface area contributed by atoms with Crippen molar-refractivity contribution in [1.29, 1.82) is 0 Å². The minimum absolute atomic E-state index is 0.103. The van der Waals surface area contributed by atoms with E-state index in [1.165, 1.54) is 0 Å². The number of ether oxygens (including phenoxy) is 1. The van der Waals surface area contributed by atoms with Crippen molar-refractivity contribution in [1.82, 2.24) is 9.62 Å². The van der Waals surface area contributed by atoms with Crippen molar-refractivity contribution >= 4 is 16.1 Å². The average molecular weight is 356 g/mol. The molecule has 1 saturated carbocycles. The molecule has 0 atom stereocenters. The zero-order chi connectivity index (χ0) is 18.2. The molecule has 0 spiro atoms. The quantitative estimate of drug-likeness (QED) is 0.816. The maximum Gasteiger partial charge on any atom is 0.409 e. The Kier molecular flexibility index (Phi) is 4.83. The van der Waals surface area contributed by atoms with Gasteiger partial charge in [0.1, 0.15) is 5.75 Å². The molecule has 2 N–H and O–H groups in total. The summed E-state index contributed by atoms with van der Waals surface area (Å²) in [5, 5.41) is 9.51. The van der Waals surface area contributed by atoms with Crippen molar-refractivity contribution in [2.24, 2.45) is 0 Å². The first-order valence-electron chi connectivity index (χ1n) is 7.69. The molecule has 1 amide bonds. The van der Waals surface area contributed by atoms with Crippen LogP contribution in [0, 0.1) is 0 Å². The van der Waals surface area contributed by atoms with Crippen molar-refractivity contribution in [3.05, 3.63) is 29.8 Å². The fourth-order valence-corrected chi connectivity index (χ4v) is 4.71. The highest BCUT2D eigenvalue weighted by Crippen LogP contribution is 2.49. The van der Waals surface area contributed by atoms with Gasteiger partial charge in [-0.05, 0) is 51.3 Å². The van der Waals surface area contributed by atoms with E-state index in [2.05, 4.69) is 4.72 Å². The van der Waals surface area contributed by atoms with Crippen LogP contribution in [-0.2, 0) is 16.6 Å². The minimum Gasteiger partial charge on any atom is -0.497 e. The summed E-state index contributed by atoms with van der Waals surface area (Å²) >= 11 is 0. The molecular formula is C16H24N2O5S. The summed E-state index contributed by atoms with van der Waals surface area (Å²) in [5.74, 6) is 0.685. The molecule has 1 aliphatic carbocycles. The Morgan fingerprint density at radius 1 is 1.29 bits per heavy atom. The van der Waals surface area contributed by atoms with E-state index in [0.717, 1.165) is 10.5 Å². The molecule has 2 rings (SSSR count).